The maximum Gasteiger partial charge on any atom is 0.303 e. The highest BCUT2D eigenvalue weighted by molar-refractivity contribution is 6.30. The molecule has 0 radical (unpaired) electrons. The van der Waals surface area contributed by atoms with Crippen molar-refractivity contribution in [2.24, 2.45) is 5.92 Å². The van der Waals surface area contributed by atoms with Crippen molar-refractivity contribution in [1.29, 1.82) is 0 Å². The summed E-state index contributed by atoms with van der Waals surface area (Å²) >= 11 is 5.87. The summed E-state index contributed by atoms with van der Waals surface area (Å²) in [5.41, 5.74) is 0. The van der Waals surface area contributed by atoms with Gasteiger partial charge in [-0.3, -0.25) is 4.79 Å². The SMILES string of the molecule is O=C(O)CC1CCC(Oc2cccc(Cl)c2)C1. The van der Waals surface area contributed by atoms with Crippen LogP contribution in [0.3, 0.4) is 0 Å². The molecular formula is C13H15ClO3. The first-order valence-corrected chi connectivity index (χ1v) is 6.15. The van der Waals surface area contributed by atoms with Gasteiger partial charge in [0.25, 0.3) is 0 Å². The number of aliphatic carboxylic acids is 1. The van der Waals surface area contributed by atoms with Crippen LogP contribution in [0.4, 0.5) is 0 Å². The molecule has 92 valence electrons. The van der Waals surface area contributed by atoms with E-state index in [2.05, 4.69) is 0 Å². The fourth-order valence-corrected chi connectivity index (χ4v) is 2.48. The minimum atomic E-state index is -0.724. The van der Waals surface area contributed by atoms with Crippen LogP contribution in [0.2, 0.25) is 5.02 Å². The molecule has 0 saturated heterocycles. The predicted octanol–water partition coefficient (Wildman–Crippen LogP) is 3.36. The molecule has 1 aromatic carbocycles. The van der Waals surface area contributed by atoms with Gasteiger partial charge in [0, 0.05) is 11.4 Å². The molecule has 1 saturated carbocycles. The van der Waals surface area contributed by atoms with Gasteiger partial charge >= 0.3 is 5.97 Å². The van der Waals surface area contributed by atoms with Gasteiger partial charge in [-0.15, -0.1) is 0 Å². The third-order valence-electron chi connectivity index (χ3n) is 3.06. The fraction of sp³-hybridized carbons (Fsp3) is 0.462. The van der Waals surface area contributed by atoms with Crippen molar-refractivity contribution in [3.05, 3.63) is 29.3 Å². The Kier molecular flexibility index (Phi) is 3.89. The highest BCUT2D eigenvalue weighted by Gasteiger charge is 2.27. The Hall–Kier alpha value is -1.22. The largest absolute Gasteiger partial charge is 0.490 e. The average molecular weight is 255 g/mol. The lowest BCUT2D eigenvalue weighted by atomic mass is 10.0. The number of carboxylic acids is 1. The molecule has 1 fully saturated rings. The van der Waals surface area contributed by atoms with Gasteiger partial charge in [-0.1, -0.05) is 17.7 Å². The van der Waals surface area contributed by atoms with E-state index in [4.69, 9.17) is 21.4 Å². The van der Waals surface area contributed by atoms with Crippen molar-refractivity contribution in [2.75, 3.05) is 0 Å². The van der Waals surface area contributed by atoms with Crippen molar-refractivity contribution in [3.63, 3.8) is 0 Å². The van der Waals surface area contributed by atoms with Gasteiger partial charge in [-0.2, -0.15) is 0 Å². The van der Waals surface area contributed by atoms with E-state index in [1.54, 1.807) is 12.1 Å². The maximum absolute atomic E-state index is 10.6. The fourth-order valence-electron chi connectivity index (χ4n) is 2.30. The topological polar surface area (TPSA) is 46.5 Å². The molecule has 1 N–H and O–H groups in total. The minimum absolute atomic E-state index is 0.123. The molecule has 0 amide bonds. The molecule has 0 aliphatic heterocycles. The van der Waals surface area contributed by atoms with Gasteiger partial charge in [-0.25, -0.2) is 0 Å². The van der Waals surface area contributed by atoms with Crippen LogP contribution in [0.5, 0.6) is 5.75 Å². The molecule has 0 heterocycles. The van der Waals surface area contributed by atoms with Crippen LogP contribution in [-0.4, -0.2) is 17.2 Å². The van der Waals surface area contributed by atoms with E-state index in [0.29, 0.717) is 5.02 Å². The number of hydrogen-bond acceptors (Lipinski definition) is 2. The van der Waals surface area contributed by atoms with E-state index in [0.717, 1.165) is 25.0 Å². The Morgan fingerprint density at radius 3 is 3.00 bits per heavy atom. The summed E-state index contributed by atoms with van der Waals surface area (Å²) in [6, 6.07) is 7.31. The second-order valence-corrected chi connectivity index (χ2v) is 4.91. The first-order valence-electron chi connectivity index (χ1n) is 5.77. The summed E-state index contributed by atoms with van der Waals surface area (Å²) in [4.78, 5) is 10.6. The zero-order valence-corrected chi connectivity index (χ0v) is 10.2. The quantitative estimate of drug-likeness (QED) is 0.896. The van der Waals surface area contributed by atoms with Gasteiger partial charge < -0.3 is 9.84 Å². The van der Waals surface area contributed by atoms with Gasteiger partial charge in [0.05, 0.1) is 6.10 Å². The Balaban J connectivity index is 1.87. The van der Waals surface area contributed by atoms with Crippen LogP contribution in [-0.2, 0) is 4.79 Å². The normalized spacial score (nSPS) is 23.6. The number of halogens is 1. The first-order chi connectivity index (χ1) is 8.13. The van der Waals surface area contributed by atoms with Gasteiger partial charge in [0.2, 0.25) is 0 Å². The monoisotopic (exact) mass is 254 g/mol. The van der Waals surface area contributed by atoms with E-state index in [1.807, 2.05) is 12.1 Å². The van der Waals surface area contributed by atoms with E-state index in [1.165, 1.54) is 0 Å². The third-order valence-corrected chi connectivity index (χ3v) is 3.29. The van der Waals surface area contributed by atoms with Crippen LogP contribution >= 0.6 is 11.6 Å². The number of benzene rings is 1. The van der Waals surface area contributed by atoms with Crippen molar-refractivity contribution in [3.8, 4) is 5.75 Å². The smallest absolute Gasteiger partial charge is 0.303 e. The van der Waals surface area contributed by atoms with Crippen LogP contribution in [0.25, 0.3) is 0 Å². The van der Waals surface area contributed by atoms with Gasteiger partial charge in [0.1, 0.15) is 5.75 Å². The molecular weight excluding hydrogens is 240 g/mol. The highest BCUT2D eigenvalue weighted by Crippen LogP contribution is 2.31. The molecule has 2 atom stereocenters. The molecule has 1 aliphatic carbocycles. The molecule has 0 aromatic heterocycles. The van der Waals surface area contributed by atoms with Crippen molar-refractivity contribution in [1.82, 2.24) is 0 Å². The number of hydrogen-bond donors (Lipinski definition) is 1. The van der Waals surface area contributed by atoms with Gasteiger partial charge in [0.15, 0.2) is 0 Å². The zero-order chi connectivity index (χ0) is 12.3. The highest BCUT2D eigenvalue weighted by atomic mass is 35.5. The lowest BCUT2D eigenvalue weighted by molar-refractivity contribution is -0.138. The summed E-state index contributed by atoms with van der Waals surface area (Å²) in [6.45, 7) is 0. The van der Waals surface area contributed by atoms with Crippen LogP contribution in [0.1, 0.15) is 25.7 Å². The molecule has 17 heavy (non-hydrogen) atoms. The van der Waals surface area contributed by atoms with E-state index in [-0.39, 0.29) is 18.4 Å². The van der Waals surface area contributed by atoms with Crippen LogP contribution in [0, 0.1) is 5.92 Å². The number of ether oxygens (including phenoxy) is 1. The van der Waals surface area contributed by atoms with E-state index >= 15 is 0 Å². The molecule has 0 bridgehead atoms. The Bertz CT molecular complexity index is 405. The molecule has 3 nitrogen and oxygen atoms in total. The summed E-state index contributed by atoms with van der Waals surface area (Å²) < 4.78 is 5.79. The molecule has 4 heteroatoms. The lowest BCUT2D eigenvalue weighted by Gasteiger charge is -2.13. The zero-order valence-electron chi connectivity index (χ0n) is 9.43. The first kappa shape index (κ1) is 12.2. The summed E-state index contributed by atoms with van der Waals surface area (Å²) in [5, 5.41) is 9.38. The third kappa shape index (κ3) is 3.63. The van der Waals surface area contributed by atoms with Crippen LogP contribution in [0.15, 0.2) is 24.3 Å². The minimum Gasteiger partial charge on any atom is -0.490 e. The predicted molar refractivity (Wildman–Crippen MR) is 65.5 cm³/mol. The van der Waals surface area contributed by atoms with Crippen molar-refractivity contribution >= 4 is 17.6 Å². The average Bonchev–Trinajstić information content (AvgIpc) is 2.64. The van der Waals surface area contributed by atoms with Gasteiger partial charge in [-0.05, 0) is 43.4 Å². The number of carbonyl (C=O) groups is 1. The second kappa shape index (κ2) is 5.41. The van der Waals surface area contributed by atoms with Crippen LogP contribution < -0.4 is 4.74 Å². The number of rotatable bonds is 4. The van der Waals surface area contributed by atoms with Crippen molar-refractivity contribution < 1.29 is 14.6 Å². The van der Waals surface area contributed by atoms with E-state index in [9.17, 15) is 4.79 Å². The molecule has 1 aromatic rings. The number of carboxylic acid groups (broad SMARTS) is 1. The lowest BCUT2D eigenvalue weighted by Crippen LogP contribution is -2.13. The molecule has 2 rings (SSSR count). The second-order valence-electron chi connectivity index (χ2n) is 4.47. The Morgan fingerprint density at radius 1 is 1.47 bits per heavy atom. The van der Waals surface area contributed by atoms with E-state index < -0.39 is 5.97 Å². The molecule has 0 spiro atoms. The molecule has 1 aliphatic rings. The summed E-state index contributed by atoms with van der Waals surface area (Å²) in [5.74, 6) is 0.286. The Morgan fingerprint density at radius 2 is 2.29 bits per heavy atom. The van der Waals surface area contributed by atoms with Crippen molar-refractivity contribution in [2.45, 2.75) is 31.8 Å². The Labute approximate surface area is 105 Å². The maximum atomic E-state index is 10.6. The summed E-state index contributed by atoms with van der Waals surface area (Å²) in [6.07, 6.45) is 3.04. The molecule has 2 unspecified atom stereocenters. The standard InChI is InChI=1S/C13H15ClO3/c14-10-2-1-3-11(8-10)17-12-5-4-9(6-12)7-13(15)16/h1-3,8-9,12H,4-7H2,(H,15,16). The summed E-state index contributed by atoms with van der Waals surface area (Å²) in [7, 11) is 0.